The van der Waals surface area contributed by atoms with Gasteiger partial charge in [-0.1, -0.05) is 53.7 Å². The van der Waals surface area contributed by atoms with Crippen molar-refractivity contribution in [2.45, 2.75) is 36.3 Å². The van der Waals surface area contributed by atoms with Crippen LogP contribution in [0.2, 0.25) is 5.02 Å². The third-order valence-corrected chi connectivity index (χ3v) is 6.75. The van der Waals surface area contributed by atoms with Crippen LogP contribution < -0.4 is 11.3 Å². The van der Waals surface area contributed by atoms with Crippen LogP contribution in [-0.4, -0.2) is 39.5 Å². The summed E-state index contributed by atoms with van der Waals surface area (Å²) in [4.78, 5) is 33.0. The van der Waals surface area contributed by atoms with Gasteiger partial charge in [0.25, 0.3) is 5.56 Å². The second kappa shape index (κ2) is 8.79. The van der Waals surface area contributed by atoms with E-state index < -0.39 is 5.25 Å². The van der Waals surface area contributed by atoms with E-state index in [0.717, 1.165) is 12.0 Å². The van der Waals surface area contributed by atoms with E-state index in [0.29, 0.717) is 40.7 Å². The van der Waals surface area contributed by atoms with Crippen molar-refractivity contribution in [3.8, 4) is 0 Å². The Labute approximate surface area is 184 Å². The Hall–Kier alpha value is -2.35. The van der Waals surface area contributed by atoms with E-state index in [1.807, 2.05) is 42.2 Å². The number of hydrogen-bond donors (Lipinski definition) is 1. The zero-order chi connectivity index (χ0) is 21.3. The molecule has 1 aliphatic heterocycles. The van der Waals surface area contributed by atoms with Gasteiger partial charge in [-0.15, -0.1) is 0 Å². The van der Waals surface area contributed by atoms with E-state index in [-0.39, 0.29) is 17.5 Å². The number of aromatic nitrogens is 2. The number of nitrogens with two attached hydrogens (primary N) is 1. The van der Waals surface area contributed by atoms with Crippen LogP contribution in [0, 0.1) is 0 Å². The fourth-order valence-electron chi connectivity index (χ4n) is 3.69. The van der Waals surface area contributed by atoms with E-state index in [1.165, 1.54) is 11.8 Å². The van der Waals surface area contributed by atoms with Crippen molar-refractivity contribution in [1.82, 2.24) is 14.5 Å². The van der Waals surface area contributed by atoms with Gasteiger partial charge in [0.15, 0.2) is 5.16 Å². The molecule has 4 rings (SSSR count). The van der Waals surface area contributed by atoms with Crippen LogP contribution in [0.25, 0.3) is 10.9 Å². The summed E-state index contributed by atoms with van der Waals surface area (Å²) in [5.74, 6) is -0.00717. The zero-order valence-electron chi connectivity index (χ0n) is 16.6. The minimum Gasteiger partial charge on any atom is -0.340 e. The number of carbonyl (C=O) groups excluding carboxylic acids is 1. The van der Waals surface area contributed by atoms with Gasteiger partial charge in [-0.2, -0.15) is 0 Å². The molecule has 0 radical (unpaired) electrons. The number of rotatable bonds is 5. The average Bonchev–Trinajstić information content (AvgIpc) is 3.19. The first-order chi connectivity index (χ1) is 14.5. The van der Waals surface area contributed by atoms with E-state index in [4.69, 9.17) is 22.3 Å². The summed E-state index contributed by atoms with van der Waals surface area (Å²) < 4.78 is 1.60. The quantitative estimate of drug-likeness (QED) is 0.483. The monoisotopic (exact) mass is 442 g/mol. The predicted octanol–water partition coefficient (Wildman–Crippen LogP) is 3.46. The highest BCUT2D eigenvalue weighted by atomic mass is 35.5. The lowest BCUT2D eigenvalue weighted by Gasteiger charge is -2.24. The number of thioether (sulfide) groups is 1. The van der Waals surface area contributed by atoms with Gasteiger partial charge in [-0.3, -0.25) is 14.2 Å². The molecule has 2 atom stereocenters. The number of amides is 1. The predicted molar refractivity (Wildman–Crippen MR) is 121 cm³/mol. The Bertz CT molecular complexity index is 1140. The van der Waals surface area contributed by atoms with Gasteiger partial charge >= 0.3 is 0 Å². The number of carbonyl (C=O) groups is 1. The van der Waals surface area contributed by atoms with Crippen molar-refractivity contribution >= 4 is 40.2 Å². The second-order valence-corrected chi connectivity index (χ2v) is 8.86. The lowest BCUT2D eigenvalue weighted by atomic mass is 10.1. The average molecular weight is 443 g/mol. The third-order valence-electron chi connectivity index (χ3n) is 5.28. The molecule has 8 heteroatoms. The smallest absolute Gasteiger partial charge is 0.262 e. The van der Waals surface area contributed by atoms with Crippen molar-refractivity contribution in [1.29, 1.82) is 0 Å². The first kappa shape index (κ1) is 20.9. The maximum Gasteiger partial charge on any atom is 0.262 e. The molecule has 1 fully saturated rings. The topological polar surface area (TPSA) is 81.2 Å². The number of hydrogen-bond acceptors (Lipinski definition) is 5. The maximum absolute atomic E-state index is 13.4. The van der Waals surface area contributed by atoms with Gasteiger partial charge in [-0.05, 0) is 37.1 Å². The van der Waals surface area contributed by atoms with Crippen LogP contribution in [0.3, 0.4) is 0 Å². The van der Waals surface area contributed by atoms with Crippen molar-refractivity contribution in [2.24, 2.45) is 5.73 Å². The highest BCUT2D eigenvalue weighted by Gasteiger charge is 2.32. The molecule has 2 heterocycles. The third kappa shape index (κ3) is 4.10. The number of fused-ring (bicyclic) bond motifs is 1. The molecule has 0 spiro atoms. The van der Waals surface area contributed by atoms with Gasteiger partial charge in [0.2, 0.25) is 5.91 Å². The van der Waals surface area contributed by atoms with E-state index >= 15 is 0 Å². The highest BCUT2D eigenvalue weighted by Crippen LogP contribution is 2.36. The molecule has 30 heavy (non-hydrogen) atoms. The first-order valence-electron chi connectivity index (χ1n) is 9.94. The Morgan fingerprint density at radius 3 is 2.73 bits per heavy atom. The molecule has 156 valence electrons. The molecule has 2 aromatic carbocycles. The second-order valence-electron chi connectivity index (χ2n) is 7.35. The molecule has 0 bridgehead atoms. The van der Waals surface area contributed by atoms with Crippen LogP contribution in [0.5, 0.6) is 0 Å². The Morgan fingerprint density at radius 2 is 2.07 bits per heavy atom. The van der Waals surface area contributed by atoms with Gasteiger partial charge < -0.3 is 10.6 Å². The van der Waals surface area contributed by atoms with Crippen LogP contribution in [0.4, 0.5) is 0 Å². The molecule has 1 unspecified atom stereocenters. The largest absolute Gasteiger partial charge is 0.340 e. The fourth-order valence-corrected chi connectivity index (χ4v) is 5.11. The van der Waals surface area contributed by atoms with Gasteiger partial charge in [-0.25, -0.2) is 4.98 Å². The van der Waals surface area contributed by atoms with Crippen LogP contribution in [-0.2, 0) is 11.3 Å². The lowest BCUT2D eigenvalue weighted by molar-refractivity contribution is -0.129. The SMILES string of the molecule is CCn1c(SC(C(=O)N2CC[C@@H](N)C2)c2ccccc2)nc2ccc(Cl)cc2c1=O. The molecule has 1 amide bonds. The molecule has 3 aromatic rings. The van der Waals surface area contributed by atoms with E-state index in [9.17, 15) is 9.59 Å². The molecule has 2 N–H and O–H groups in total. The van der Waals surface area contributed by atoms with Gasteiger partial charge in [0, 0.05) is 30.7 Å². The number of halogens is 1. The molecule has 1 aliphatic rings. The summed E-state index contributed by atoms with van der Waals surface area (Å²) in [6.45, 7) is 3.53. The molecule has 1 saturated heterocycles. The molecule has 6 nitrogen and oxygen atoms in total. The summed E-state index contributed by atoms with van der Waals surface area (Å²) in [7, 11) is 0. The Kier molecular flexibility index (Phi) is 6.13. The normalized spacial score (nSPS) is 17.4. The van der Waals surface area contributed by atoms with Crippen molar-refractivity contribution < 1.29 is 4.79 Å². The summed E-state index contributed by atoms with van der Waals surface area (Å²) in [5.41, 5.74) is 7.31. The molecule has 1 aromatic heterocycles. The Morgan fingerprint density at radius 1 is 1.30 bits per heavy atom. The molecule has 0 aliphatic carbocycles. The van der Waals surface area contributed by atoms with Gasteiger partial charge in [0.1, 0.15) is 5.25 Å². The summed E-state index contributed by atoms with van der Waals surface area (Å²) in [5, 5.41) is 0.975. The van der Waals surface area contributed by atoms with Crippen LogP contribution in [0.1, 0.15) is 24.2 Å². The van der Waals surface area contributed by atoms with Crippen molar-refractivity contribution in [2.75, 3.05) is 13.1 Å². The Balaban J connectivity index is 1.78. The minimum atomic E-state index is -0.508. The number of benzene rings is 2. The number of likely N-dealkylation sites (tertiary alicyclic amines) is 1. The standard InChI is InChI=1S/C22H23ClN4O2S/c1-2-27-20(28)17-12-15(23)8-9-18(17)25-22(27)30-19(14-6-4-3-5-7-14)21(29)26-11-10-16(24)13-26/h3-9,12,16,19H,2,10-11,13,24H2,1H3/t16-,19?/m1/s1. The summed E-state index contributed by atoms with van der Waals surface area (Å²) >= 11 is 7.38. The molecular formula is C22H23ClN4O2S. The maximum atomic E-state index is 13.4. The summed E-state index contributed by atoms with van der Waals surface area (Å²) in [6, 6.07) is 14.7. The van der Waals surface area contributed by atoms with Crippen molar-refractivity contribution in [3.63, 3.8) is 0 Å². The van der Waals surface area contributed by atoms with E-state index in [2.05, 4.69) is 0 Å². The van der Waals surface area contributed by atoms with E-state index in [1.54, 1.807) is 22.8 Å². The zero-order valence-corrected chi connectivity index (χ0v) is 18.2. The minimum absolute atomic E-state index is 0.00716. The van der Waals surface area contributed by atoms with Gasteiger partial charge in [0.05, 0.1) is 10.9 Å². The first-order valence-corrected chi connectivity index (χ1v) is 11.2. The molecule has 0 saturated carbocycles. The fraction of sp³-hybridized carbons (Fsp3) is 0.318. The van der Waals surface area contributed by atoms with Crippen molar-refractivity contribution in [3.05, 3.63) is 69.5 Å². The highest BCUT2D eigenvalue weighted by molar-refractivity contribution is 8.00. The summed E-state index contributed by atoms with van der Waals surface area (Å²) in [6.07, 6.45) is 0.798. The van der Waals surface area contributed by atoms with Crippen LogP contribution >= 0.6 is 23.4 Å². The molecular weight excluding hydrogens is 420 g/mol. The number of nitrogens with zero attached hydrogens (tertiary/aromatic N) is 3. The lowest BCUT2D eigenvalue weighted by Crippen LogP contribution is -2.35. The van der Waals surface area contributed by atoms with Crippen LogP contribution in [0.15, 0.2) is 58.5 Å².